The van der Waals surface area contributed by atoms with E-state index >= 15 is 0 Å². The van der Waals surface area contributed by atoms with E-state index < -0.39 is 0 Å². The van der Waals surface area contributed by atoms with Crippen molar-refractivity contribution in [2.24, 2.45) is 0 Å². The van der Waals surface area contributed by atoms with E-state index in [1.807, 2.05) is 32.0 Å². The molecule has 1 aromatic carbocycles. The van der Waals surface area contributed by atoms with Crippen LogP contribution in [-0.2, 0) is 6.42 Å². The van der Waals surface area contributed by atoms with Crippen LogP contribution in [0.15, 0.2) is 22.6 Å². The fourth-order valence-electron chi connectivity index (χ4n) is 2.01. The first-order valence-corrected chi connectivity index (χ1v) is 6.44. The predicted molar refractivity (Wildman–Crippen MR) is 68.6 cm³/mol. The molecule has 5 heteroatoms. The minimum Gasteiger partial charge on any atom is -0.486 e. The Morgan fingerprint density at radius 1 is 1.16 bits per heavy atom. The van der Waals surface area contributed by atoms with Crippen molar-refractivity contribution >= 4 is 0 Å². The number of hydrogen-bond donors (Lipinski definition) is 0. The summed E-state index contributed by atoms with van der Waals surface area (Å²) in [5, 5.41) is 8.10. The van der Waals surface area contributed by atoms with Gasteiger partial charge < -0.3 is 13.9 Å². The fourth-order valence-corrected chi connectivity index (χ4v) is 2.01. The Labute approximate surface area is 111 Å². The van der Waals surface area contributed by atoms with Crippen molar-refractivity contribution in [2.75, 3.05) is 13.2 Å². The molecule has 0 radical (unpaired) electrons. The normalized spacial score (nSPS) is 13.8. The van der Waals surface area contributed by atoms with Crippen molar-refractivity contribution in [1.82, 2.24) is 10.2 Å². The smallest absolute Gasteiger partial charge is 0.221 e. The quantitative estimate of drug-likeness (QED) is 0.848. The van der Waals surface area contributed by atoms with Gasteiger partial charge in [0.05, 0.1) is 6.42 Å². The molecule has 0 atom stereocenters. The van der Waals surface area contributed by atoms with Crippen LogP contribution in [0.2, 0.25) is 0 Å². The highest BCUT2D eigenvalue weighted by atomic mass is 16.6. The summed E-state index contributed by atoms with van der Waals surface area (Å²) >= 11 is 0. The summed E-state index contributed by atoms with van der Waals surface area (Å²) in [5.41, 5.74) is 1.01. The highest BCUT2D eigenvalue weighted by molar-refractivity contribution is 5.48. The van der Waals surface area contributed by atoms with E-state index in [1.165, 1.54) is 0 Å². The van der Waals surface area contributed by atoms with Gasteiger partial charge in [0, 0.05) is 11.5 Å². The molecule has 19 heavy (non-hydrogen) atoms. The second kappa shape index (κ2) is 4.91. The summed E-state index contributed by atoms with van der Waals surface area (Å²) in [6.45, 7) is 5.22. The van der Waals surface area contributed by atoms with Crippen molar-refractivity contribution in [3.8, 4) is 11.5 Å². The average molecular weight is 260 g/mol. The van der Waals surface area contributed by atoms with Gasteiger partial charge in [-0.25, -0.2) is 0 Å². The van der Waals surface area contributed by atoms with Gasteiger partial charge in [0.1, 0.15) is 13.2 Å². The molecular weight excluding hydrogens is 244 g/mol. The van der Waals surface area contributed by atoms with E-state index in [9.17, 15) is 0 Å². The second-order valence-corrected chi connectivity index (χ2v) is 4.81. The summed E-state index contributed by atoms with van der Waals surface area (Å²) in [4.78, 5) is 0. The zero-order valence-corrected chi connectivity index (χ0v) is 11.0. The van der Waals surface area contributed by atoms with Gasteiger partial charge in [-0.1, -0.05) is 26.0 Å². The van der Waals surface area contributed by atoms with Gasteiger partial charge in [-0.3, -0.25) is 0 Å². The van der Waals surface area contributed by atoms with Crippen LogP contribution in [0.3, 0.4) is 0 Å². The average Bonchev–Trinajstić information content (AvgIpc) is 2.88. The number of aromatic nitrogens is 2. The number of nitrogens with zero attached hydrogens (tertiary/aromatic N) is 2. The number of benzene rings is 1. The van der Waals surface area contributed by atoms with Gasteiger partial charge in [-0.15, -0.1) is 10.2 Å². The van der Waals surface area contributed by atoms with Crippen LogP contribution in [0.1, 0.15) is 37.1 Å². The third-order valence-corrected chi connectivity index (χ3v) is 2.97. The van der Waals surface area contributed by atoms with E-state index in [2.05, 4.69) is 10.2 Å². The monoisotopic (exact) mass is 260 g/mol. The molecule has 2 heterocycles. The van der Waals surface area contributed by atoms with Crippen LogP contribution in [0, 0.1) is 0 Å². The van der Waals surface area contributed by atoms with Gasteiger partial charge in [-0.05, 0) is 6.07 Å². The molecule has 0 N–H and O–H groups in total. The van der Waals surface area contributed by atoms with Gasteiger partial charge in [0.15, 0.2) is 11.5 Å². The summed E-state index contributed by atoms with van der Waals surface area (Å²) in [6, 6.07) is 5.85. The van der Waals surface area contributed by atoms with Crippen LogP contribution in [0.5, 0.6) is 11.5 Å². The van der Waals surface area contributed by atoms with E-state index in [0.29, 0.717) is 31.4 Å². The lowest BCUT2D eigenvalue weighted by Crippen LogP contribution is -2.16. The minimum atomic E-state index is 0.241. The lowest BCUT2D eigenvalue weighted by atomic mass is 10.1. The molecule has 0 unspecified atom stereocenters. The van der Waals surface area contributed by atoms with Crippen LogP contribution in [0.4, 0.5) is 0 Å². The fraction of sp³-hybridized carbons (Fsp3) is 0.429. The molecule has 0 saturated heterocycles. The molecule has 100 valence electrons. The lowest BCUT2D eigenvalue weighted by molar-refractivity contribution is 0.170. The van der Waals surface area contributed by atoms with Crippen molar-refractivity contribution in [3.63, 3.8) is 0 Å². The Morgan fingerprint density at radius 2 is 2.00 bits per heavy atom. The maximum Gasteiger partial charge on any atom is 0.221 e. The van der Waals surface area contributed by atoms with E-state index in [1.54, 1.807) is 0 Å². The molecule has 1 aromatic heterocycles. The Kier molecular flexibility index (Phi) is 3.11. The third kappa shape index (κ3) is 2.41. The molecule has 0 spiro atoms. The topological polar surface area (TPSA) is 57.4 Å². The molecule has 0 fully saturated rings. The second-order valence-electron chi connectivity index (χ2n) is 4.81. The van der Waals surface area contributed by atoms with Gasteiger partial charge in [0.25, 0.3) is 0 Å². The first-order chi connectivity index (χ1) is 9.24. The minimum absolute atomic E-state index is 0.241. The van der Waals surface area contributed by atoms with Gasteiger partial charge in [-0.2, -0.15) is 0 Å². The summed E-state index contributed by atoms with van der Waals surface area (Å²) in [7, 11) is 0. The van der Waals surface area contributed by atoms with E-state index in [-0.39, 0.29) is 5.92 Å². The summed E-state index contributed by atoms with van der Waals surface area (Å²) in [5.74, 6) is 3.08. The third-order valence-electron chi connectivity index (χ3n) is 2.97. The molecule has 0 saturated carbocycles. The molecule has 0 amide bonds. The number of ether oxygens (including phenoxy) is 2. The van der Waals surface area contributed by atoms with Crippen molar-refractivity contribution < 1.29 is 13.9 Å². The summed E-state index contributed by atoms with van der Waals surface area (Å²) < 4.78 is 16.8. The number of para-hydroxylation sites is 1. The molecule has 1 aliphatic rings. The number of fused-ring (bicyclic) bond motifs is 1. The highest BCUT2D eigenvalue weighted by Crippen LogP contribution is 2.34. The first-order valence-electron chi connectivity index (χ1n) is 6.44. The zero-order valence-electron chi connectivity index (χ0n) is 11.0. The number of rotatable bonds is 3. The van der Waals surface area contributed by atoms with E-state index in [0.717, 1.165) is 17.1 Å². The van der Waals surface area contributed by atoms with Crippen LogP contribution in [0.25, 0.3) is 0 Å². The number of hydrogen-bond acceptors (Lipinski definition) is 5. The van der Waals surface area contributed by atoms with Crippen molar-refractivity contribution in [1.29, 1.82) is 0 Å². The van der Waals surface area contributed by atoms with Crippen molar-refractivity contribution in [2.45, 2.75) is 26.2 Å². The maximum absolute atomic E-state index is 5.67. The molecule has 0 bridgehead atoms. The van der Waals surface area contributed by atoms with Crippen LogP contribution >= 0.6 is 0 Å². The first kappa shape index (κ1) is 12.0. The summed E-state index contributed by atoms with van der Waals surface area (Å²) in [6.07, 6.45) is 0.562. The Balaban J connectivity index is 1.86. The van der Waals surface area contributed by atoms with Gasteiger partial charge in [0.2, 0.25) is 11.8 Å². The molecular formula is C14H16N2O3. The van der Waals surface area contributed by atoms with Crippen LogP contribution in [-0.4, -0.2) is 23.4 Å². The Bertz CT molecular complexity index is 578. The van der Waals surface area contributed by atoms with E-state index in [4.69, 9.17) is 13.9 Å². The van der Waals surface area contributed by atoms with Crippen LogP contribution < -0.4 is 9.47 Å². The van der Waals surface area contributed by atoms with Crippen molar-refractivity contribution in [3.05, 3.63) is 35.5 Å². The zero-order chi connectivity index (χ0) is 13.2. The lowest BCUT2D eigenvalue weighted by Gasteiger charge is -2.20. The van der Waals surface area contributed by atoms with Gasteiger partial charge >= 0.3 is 0 Å². The molecule has 1 aliphatic heterocycles. The highest BCUT2D eigenvalue weighted by Gasteiger charge is 2.18. The SMILES string of the molecule is CC(C)c1nnc(Cc2cccc3c2OCCO3)o1. The predicted octanol–water partition coefficient (Wildman–Crippen LogP) is 2.56. The largest absolute Gasteiger partial charge is 0.486 e. The molecule has 2 aromatic rings. The molecule has 3 rings (SSSR count). The Hall–Kier alpha value is -2.04. The molecule has 5 nitrogen and oxygen atoms in total. The standard InChI is InChI=1S/C14H16N2O3/c1-9(2)14-16-15-12(19-14)8-10-4-3-5-11-13(10)18-7-6-17-11/h3-5,9H,6-8H2,1-2H3. The molecule has 0 aliphatic carbocycles. The maximum atomic E-state index is 5.67. The Morgan fingerprint density at radius 3 is 2.79 bits per heavy atom.